The van der Waals surface area contributed by atoms with E-state index in [1.807, 2.05) is 42.2 Å². The second-order valence-corrected chi connectivity index (χ2v) is 12.1. The number of aliphatic hydroxyl groups is 1. The summed E-state index contributed by atoms with van der Waals surface area (Å²) in [6, 6.07) is 22.9. The van der Waals surface area contributed by atoms with Crippen molar-refractivity contribution in [3.8, 4) is 17.5 Å². The molecule has 5 rings (SSSR count). The number of aryl methyl sites for hydroxylation is 1. The van der Waals surface area contributed by atoms with E-state index in [4.69, 9.17) is 4.74 Å². The predicted octanol–water partition coefficient (Wildman–Crippen LogP) is 5.63. The fourth-order valence-electron chi connectivity index (χ4n) is 5.86. The molecular formula is C38H42N6O5. The van der Waals surface area contributed by atoms with Crippen LogP contribution in [0.25, 0.3) is 5.69 Å². The molecule has 0 fully saturated rings. The molecule has 2 heterocycles. The second kappa shape index (κ2) is 16.1. The van der Waals surface area contributed by atoms with Crippen LogP contribution < -0.4 is 10.1 Å². The molecule has 4 aromatic rings. The van der Waals surface area contributed by atoms with Crippen molar-refractivity contribution in [3.05, 3.63) is 106 Å². The Labute approximate surface area is 286 Å². The van der Waals surface area contributed by atoms with Gasteiger partial charge in [-0.15, -0.1) is 0 Å². The van der Waals surface area contributed by atoms with Gasteiger partial charge in [-0.05, 0) is 67.3 Å². The molecule has 3 aromatic carbocycles. The lowest BCUT2D eigenvalue weighted by Gasteiger charge is -2.34. The number of anilines is 1. The summed E-state index contributed by atoms with van der Waals surface area (Å²) in [5, 5.41) is 27.9. The minimum Gasteiger partial charge on any atom is -0.482 e. The Morgan fingerprint density at radius 3 is 2.41 bits per heavy atom. The number of para-hydroxylation sites is 1. The van der Waals surface area contributed by atoms with E-state index in [9.17, 15) is 24.8 Å². The topological polar surface area (TPSA) is 141 Å². The molecule has 11 heteroatoms. The van der Waals surface area contributed by atoms with Gasteiger partial charge in [0.25, 0.3) is 17.7 Å². The number of nitrogens with zero attached hydrogens (tertiary/aromatic N) is 5. The lowest BCUT2D eigenvalue weighted by atomic mass is 9.97. The van der Waals surface area contributed by atoms with Crippen LogP contribution in [0.3, 0.4) is 0 Å². The van der Waals surface area contributed by atoms with Gasteiger partial charge in [-0.2, -0.15) is 10.4 Å². The van der Waals surface area contributed by atoms with Crippen LogP contribution in [-0.2, 0) is 17.8 Å². The Bertz CT molecular complexity index is 1850. The molecule has 49 heavy (non-hydrogen) atoms. The number of carbonyl (C=O) groups excluding carboxylic acids is 3. The maximum Gasteiger partial charge on any atom is 0.274 e. The number of carbonyl (C=O) groups is 3. The molecule has 1 aliphatic heterocycles. The molecule has 0 aliphatic carbocycles. The van der Waals surface area contributed by atoms with E-state index >= 15 is 0 Å². The van der Waals surface area contributed by atoms with E-state index in [0.29, 0.717) is 35.7 Å². The van der Waals surface area contributed by atoms with Crippen molar-refractivity contribution >= 4 is 23.4 Å². The highest BCUT2D eigenvalue weighted by atomic mass is 16.5. The third-order valence-corrected chi connectivity index (χ3v) is 8.54. The van der Waals surface area contributed by atoms with E-state index in [1.165, 1.54) is 4.90 Å². The van der Waals surface area contributed by atoms with Crippen LogP contribution in [0.2, 0.25) is 0 Å². The fourth-order valence-corrected chi connectivity index (χ4v) is 5.86. The Kier molecular flexibility index (Phi) is 11.4. The summed E-state index contributed by atoms with van der Waals surface area (Å²) in [5.74, 6) is -0.828. The van der Waals surface area contributed by atoms with Crippen molar-refractivity contribution in [1.82, 2.24) is 19.6 Å². The van der Waals surface area contributed by atoms with E-state index in [-0.39, 0.29) is 42.5 Å². The van der Waals surface area contributed by atoms with E-state index in [2.05, 4.69) is 24.3 Å². The third kappa shape index (κ3) is 8.16. The molecular weight excluding hydrogens is 620 g/mol. The summed E-state index contributed by atoms with van der Waals surface area (Å²) >= 11 is 0. The van der Waals surface area contributed by atoms with Crippen molar-refractivity contribution < 1.29 is 24.2 Å². The zero-order valence-electron chi connectivity index (χ0n) is 28.2. The average Bonchev–Trinajstić information content (AvgIpc) is 3.51. The van der Waals surface area contributed by atoms with Crippen LogP contribution in [0, 0.1) is 18.3 Å². The van der Waals surface area contributed by atoms with E-state index < -0.39 is 18.0 Å². The normalized spacial score (nSPS) is 13.7. The highest BCUT2D eigenvalue weighted by Gasteiger charge is 2.31. The number of aliphatic hydroxyl groups excluding tert-OH is 1. The van der Waals surface area contributed by atoms with Gasteiger partial charge in [0.15, 0.2) is 12.3 Å². The molecule has 1 aromatic heterocycles. The van der Waals surface area contributed by atoms with Crippen LogP contribution in [0.5, 0.6) is 5.75 Å². The molecule has 2 N–H and O–H groups in total. The standard InChI is InChI=1S/C38H42N6O5/c1-4-6-18-42(19-7-5-2)38(48)32-20-26(3)44(41-32)33-17-16-30(40-35(45)25-49-34-15-11-10-13-28(34)23-39)22-31(33)37(47)43-24-29-14-9-8-12-27(29)21-36(43)46/h8-17,20,22,36,46H,4-7,18-19,21,24-25H2,1-3H3,(H,40,45). The Hall–Kier alpha value is -5.47. The van der Waals surface area contributed by atoms with Gasteiger partial charge < -0.3 is 25.0 Å². The average molecular weight is 663 g/mol. The number of hydrogen-bond acceptors (Lipinski definition) is 7. The smallest absolute Gasteiger partial charge is 0.274 e. The maximum atomic E-state index is 14.3. The number of ether oxygens (including phenoxy) is 1. The van der Waals surface area contributed by atoms with Crippen molar-refractivity contribution in [2.24, 2.45) is 0 Å². The van der Waals surface area contributed by atoms with Crippen molar-refractivity contribution in [2.45, 2.75) is 65.6 Å². The number of unbranched alkanes of at least 4 members (excludes halogenated alkanes) is 2. The summed E-state index contributed by atoms with van der Waals surface area (Å²) in [5.41, 5.74) is 4.05. The Morgan fingerprint density at radius 2 is 1.69 bits per heavy atom. The van der Waals surface area contributed by atoms with Crippen LogP contribution in [0.4, 0.5) is 5.69 Å². The predicted molar refractivity (Wildman–Crippen MR) is 185 cm³/mol. The quantitative estimate of drug-likeness (QED) is 0.189. The zero-order chi connectivity index (χ0) is 34.9. The number of nitrogens with one attached hydrogen (secondary N) is 1. The highest BCUT2D eigenvalue weighted by molar-refractivity contribution is 6.01. The molecule has 1 aliphatic rings. The second-order valence-electron chi connectivity index (χ2n) is 12.1. The number of aromatic nitrogens is 2. The molecule has 0 bridgehead atoms. The summed E-state index contributed by atoms with van der Waals surface area (Å²) in [6.45, 7) is 7.11. The van der Waals surface area contributed by atoms with Gasteiger partial charge >= 0.3 is 0 Å². The molecule has 0 radical (unpaired) electrons. The molecule has 254 valence electrons. The molecule has 1 unspecified atom stereocenters. The van der Waals surface area contributed by atoms with Crippen molar-refractivity contribution in [2.75, 3.05) is 25.0 Å². The molecule has 3 amide bonds. The number of fused-ring (bicyclic) bond motifs is 1. The van der Waals surface area contributed by atoms with Gasteiger partial charge in [-0.1, -0.05) is 63.1 Å². The molecule has 0 spiro atoms. The number of rotatable bonds is 13. The van der Waals surface area contributed by atoms with Gasteiger partial charge in [0, 0.05) is 37.4 Å². The molecule has 11 nitrogen and oxygen atoms in total. The Balaban J connectivity index is 1.47. The third-order valence-electron chi connectivity index (χ3n) is 8.54. The van der Waals surface area contributed by atoms with Crippen molar-refractivity contribution in [3.63, 3.8) is 0 Å². The first-order valence-electron chi connectivity index (χ1n) is 16.7. The lowest BCUT2D eigenvalue weighted by molar-refractivity contribution is -0.118. The minimum atomic E-state index is -1.07. The van der Waals surface area contributed by atoms with Crippen LogP contribution >= 0.6 is 0 Å². The van der Waals surface area contributed by atoms with Gasteiger partial charge in [0.1, 0.15) is 18.0 Å². The van der Waals surface area contributed by atoms with Crippen LogP contribution in [-0.4, -0.2) is 68.3 Å². The van der Waals surface area contributed by atoms with E-state index in [1.54, 1.807) is 53.2 Å². The number of amides is 3. The number of nitriles is 1. The van der Waals surface area contributed by atoms with Gasteiger partial charge in [-0.3, -0.25) is 14.4 Å². The summed E-state index contributed by atoms with van der Waals surface area (Å²) in [7, 11) is 0. The van der Waals surface area contributed by atoms with Crippen LogP contribution in [0.15, 0.2) is 72.8 Å². The first kappa shape index (κ1) is 34.9. The summed E-state index contributed by atoms with van der Waals surface area (Å²) < 4.78 is 7.16. The van der Waals surface area contributed by atoms with Gasteiger partial charge in [-0.25, -0.2) is 4.68 Å². The van der Waals surface area contributed by atoms with Crippen LogP contribution in [0.1, 0.15) is 82.8 Å². The first-order valence-corrected chi connectivity index (χ1v) is 16.7. The molecule has 0 saturated heterocycles. The SMILES string of the molecule is CCCCN(CCCC)C(=O)c1cc(C)n(-c2ccc(NC(=O)COc3ccccc3C#N)cc2C(=O)N2Cc3ccccc3CC2O)n1. The minimum absolute atomic E-state index is 0.165. The van der Waals surface area contributed by atoms with Crippen molar-refractivity contribution in [1.29, 1.82) is 5.26 Å². The highest BCUT2D eigenvalue weighted by Crippen LogP contribution is 2.28. The lowest BCUT2D eigenvalue weighted by Crippen LogP contribution is -2.44. The molecule has 0 saturated carbocycles. The molecule has 1 atom stereocenters. The summed E-state index contributed by atoms with van der Waals surface area (Å²) in [4.78, 5) is 44.1. The summed E-state index contributed by atoms with van der Waals surface area (Å²) in [6.07, 6.45) is 2.91. The Morgan fingerprint density at radius 1 is 1.00 bits per heavy atom. The zero-order valence-corrected chi connectivity index (χ0v) is 28.2. The first-order chi connectivity index (χ1) is 23.7. The van der Waals surface area contributed by atoms with Gasteiger partial charge in [0.2, 0.25) is 0 Å². The number of hydrogen-bond donors (Lipinski definition) is 2. The fraction of sp³-hybridized carbons (Fsp3) is 0.342. The maximum absolute atomic E-state index is 14.3. The van der Waals surface area contributed by atoms with E-state index in [0.717, 1.165) is 36.8 Å². The monoisotopic (exact) mass is 662 g/mol. The largest absolute Gasteiger partial charge is 0.482 e. The van der Waals surface area contributed by atoms with Gasteiger partial charge in [0.05, 0.1) is 16.8 Å². The number of benzene rings is 3.